The lowest BCUT2D eigenvalue weighted by Gasteiger charge is -2.12. The molecule has 4 aromatic rings. The van der Waals surface area contributed by atoms with E-state index in [-0.39, 0.29) is 5.95 Å². The van der Waals surface area contributed by atoms with E-state index in [9.17, 15) is 5.11 Å². The van der Waals surface area contributed by atoms with E-state index >= 15 is 0 Å². The molecule has 0 bridgehead atoms. The van der Waals surface area contributed by atoms with E-state index in [0.29, 0.717) is 16.3 Å². The molecule has 0 spiro atoms. The number of aromatic nitrogens is 4. The lowest BCUT2D eigenvalue weighted by Crippen LogP contribution is -2.17. The fraction of sp³-hybridized carbons (Fsp3) is 0.150. The van der Waals surface area contributed by atoms with Crippen molar-refractivity contribution in [2.45, 2.75) is 12.5 Å². The molecule has 1 atom stereocenters. The van der Waals surface area contributed by atoms with Crippen molar-refractivity contribution >= 4 is 28.3 Å². The lowest BCUT2D eigenvalue weighted by molar-refractivity contribution is 0.122. The Morgan fingerprint density at radius 3 is 2.89 bits per heavy atom. The van der Waals surface area contributed by atoms with E-state index in [1.165, 1.54) is 11.3 Å². The molecule has 1 aromatic carbocycles. The van der Waals surface area contributed by atoms with Crippen molar-refractivity contribution < 1.29 is 9.84 Å². The number of fused-ring (bicyclic) bond motifs is 1. The van der Waals surface area contributed by atoms with Crippen LogP contribution in [0, 0.1) is 11.8 Å². The number of methoxy groups -OCH3 is 1. The van der Waals surface area contributed by atoms with Crippen LogP contribution in [-0.4, -0.2) is 32.2 Å². The monoisotopic (exact) mass is 391 g/mol. The van der Waals surface area contributed by atoms with Crippen molar-refractivity contribution in [3.8, 4) is 28.7 Å². The molecule has 3 aromatic heterocycles. The van der Waals surface area contributed by atoms with Crippen LogP contribution in [-0.2, 0) is 5.60 Å². The highest BCUT2D eigenvalue weighted by Gasteiger charge is 2.23. The molecule has 0 aliphatic rings. The van der Waals surface area contributed by atoms with E-state index in [4.69, 9.17) is 10.5 Å². The van der Waals surface area contributed by atoms with Crippen LogP contribution in [0.4, 0.5) is 5.95 Å². The van der Waals surface area contributed by atoms with Crippen LogP contribution < -0.4 is 10.5 Å². The number of aliphatic hydroxyl groups is 1. The fourth-order valence-electron chi connectivity index (χ4n) is 2.84. The van der Waals surface area contributed by atoms with Gasteiger partial charge in [0.2, 0.25) is 5.95 Å². The Bertz CT molecular complexity index is 1200. The number of hydrogen-bond donors (Lipinski definition) is 3. The molecule has 8 heteroatoms. The average molecular weight is 391 g/mol. The zero-order valence-electron chi connectivity index (χ0n) is 15.2. The van der Waals surface area contributed by atoms with Gasteiger partial charge in [-0.2, -0.15) is 0 Å². The van der Waals surface area contributed by atoms with Gasteiger partial charge in [-0.3, -0.25) is 0 Å². The van der Waals surface area contributed by atoms with Gasteiger partial charge in [-0.1, -0.05) is 11.8 Å². The highest BCUT2D eigenvalue weighted by atomic mass is 32.1. The molecule has 0 saturated carbocycles. The third-order valence-corrected chi connectivity index (χ3v) is 5.21. The second-order valence-electron chi connectivity index (χ2n) is 6.27. The second kappa shape index (κ2) is 6.96. The molecule has 4 rings (SSSR count). The van der Waals surface area contributed by atoms with Crippen molar-refractivity contribution in [2.75, 3.05) is 12.8 Å². The van der Waals surface area contributed by atoms with Gasteiger partial charge < -0.3 is 20.6 Å². The Balaban J connectivity index is 1.79. The predicted molar refractivity (Wildman–Crippen MR) is 109 cm³/mol. The summed E-state index contributed by atoms with van der Waals surface area (Å²) in [6, 6.07) is 5.57. The zero-order valence-corrected chi connectivity index (χ0v) is 16.0. The van der Waals surface area contributed by atoms with Gasteiger partial charge in [0.05, 0.1) is 18.8 Å². The Labute approximate surface area is 165 Å². The van der Waals surface area contributed by atoms with Gasteiger partial charge in [0, 0.05) is 34.5 Å². The van der Waals surface area contributed by atoms with Crippen LogP contribution in [0.5, 0.6) is 5.75 Å². The standard InChI is InChI=1S/C20H17N5O2S/c1-20(26,18-22-7-8-28-18)6-5-12-3-4-16(27-2)13(9-12)14-10-23-15-11-24-19(21)25-17(14)15/h3-4,7-11,23,26H,1-2H3,(H2,21,24,25). The summed E-state index contributed by atoms with van der Waals surface area (Å²) in [5.74, 6) is 6.80. The maximum absolute atomic E-state index is 10.6. The minimum atomic E-state index is -1.32. The minimum absolute atomic E-state index is 0.197. The SMILES string of the molecule is COc1ccc(C#CC(C)(O)c2nccs2)cc1-c1c[nH]c2cnc(N)nc12. The van der Waals surface area contributed by atoms with E-state index in [0.717, 1.165) is 22.2 Å². The summed E-state index contributed by atoms with van der Waals surface area (Å²) in [4.78, 5) is 15.6. The number of aromatic amines is 1. The molecule has 1 unspecified atom stereocenters. The minimum Gasteiger partial charge on any atom is -0.496 e. The lowest BCUT2D eigenvalue weighted by atomic mass is 10.0. The number of nitrogens with zero attached hydrogens (tertiary/aromatic N) is 3. The summed E-state index contributed by atoms with van der Waals surface area (Å²) < 4.78 is 5.51. The van der Waals surface area contributed by atoms with Crippen molar-refractivity contribution in [2.24, 2.45) is 0 Å². The molecule has 0 amide bonds. The van der Waals surface area contributed by atoms with E-state index in [2.05, 4.69) is 31.8 Å². The Kier molecular flexibility index (Phi) is 4.47. The molecule has 0 fully saturated rings. The highest BCUT2D eigenvalue weighted by molar-refractivity contribution is 7.09. The van der Waals surface area contributed by atoms with E-state index < -0.39 is 5.60 Å². The molecule has 0 saturated heterocycles. The molecule has 0 aliphatic heterocycles. The van der Waals surface area contributed by atoms with Gasteiger partial charge in [-0.15, -0.1) is 11.3 Å². The van der Waals surface area contributed by atoms with Gasteiger partial charge in [-0.25, -0.2) is 15.0 Å². The molecular weight excluding hydrogens is 374 g/mol. The maximum atomic E-state index is 10.6. The molecule has 3 heterocycles. The molecule has 7 nitrogen and oxygen atoms in total. The summed E-state index contributed by atoms with van der Waals surface area (Å²) in [5.41, 5.74) is 8.27. The summed E-state index contributed by atoms with van der Waals surface area (Å²) in [6.07, 6.45) is 5.12. The van der Waals surface area contributed by atoms with Crippen LogP contribution in [0.15, 0.2) is 42.2 Å². The average Bonchev–Trinajstić information content (AvgIpc) is 3.36. The number of anilines is 1. The topological polar surface area (TPSA) is 110 Å². The highest BCUT2D eigenvalue weighted by Crippen LogP contribution is 2.35. The number of nitrogens with two attached hydrogens (primary N) is 1. The summed E-state index contributed by atoms with van der Waals surface area (Å²) in [6.45, 7) is 1.63. The van der Waals surface area contributed by atoms with Crippen LogP contribution in [0.3, 0.4) is 0 Å². The van der Waals surface area contributed by atoms with Gasteiger partial charge in [0.1, 0.15) is 16.3 Å². The van der Waals surface area contributed by atoms with E-state index in [1.807, 2.05) is 29.8 Å². The van der Waals surface area contributed by atoms with Crippen molar-refractivity contribution in [3.05, 3.63) is 52.7 Å². The molecule has 140 valence electrons. The van der Waals surface area contributed by atoms with Gasteiger partial charge in [0.25, 0.3) is 0 Å². The summed E-state index contributed by atoms with van der Waals surface area (Å²) in [5, 5.41) is 12.9. The normalized spacial score (nSPS) is 13.0. The van der Waals surface area contributed by atoms with Crippen LogP contribution >= 0.6 is 11.3 Å². The third kappa shape index (κ3) is 3.29. The molecule has 0 radical (unpaired) electrons. The number of nitrogens with one attached hydrogen (secondary N) is 1. The number of H-pyrrole nitrogens is 1. The first-order chi connectivity index (χ1) is 13.5. The molecular formula is C20H17N5O2S. The van der Waals surface area contributed by atoms with Gasteiger partial charge in [-0.05, 0) is 25.1 Å². The largest absolute Gasteiger partial charge is 0.496 e. The molecule has 0 aliphatic carbocycles. The van der Waals surface area contributed by atoms with Gasteiger partial charge in [0.15, 0.2) is 5.60 Å². The second-order valence-corrected chi connectivity index (χ2v) is 7.16. The number of thiazole rings is 1. The molecule has 28 heavy (non-hydrogen) atoms. The predicted octanol–water partition coefficient (Wildman–Crippen LogP) is 2.93. The first kappa shape index (κ1) is 18.0. The summed E-state index contributed by atoms with van der Waals surface area (Å²) >= 11 is 1.36. The van der Waals surface area contributed by atoms with Crippen molar-refractivity contribution in [1.29, 1.82) is 0 Å². The first-order valence-corrected chi connectivity index (χ1v) is 9.29. The zero-order chi connectivity index (χ0) is 19.7. The van der Waals surface area contributed by atoms with Crippen molar-refractivity contribution in [1.82, 2.24) is 19.9 Å². The van der Waals surface area contributed by atoms with Crippen LogP contribution in [0.25, 0.3) is 22.2 Å². The van der Waals surface area contributed by atoms with Crippen LogP contribution in [0.1, 0.15) is 17.5 Å². The number of benzene rings is 1. The number of ether oxygens (including phenoxy) is 1. The van der Waals surface area contributed by atoms with E-state index in [1.54, 1.807) is 26.4 Å². The smallest absolute Gasteiger partial charge is 0.220 e. The molecule has 4 N–H and O–H groups in total. The maximum Gasteiger partial charge on any atom is 0.220 e. The summed E-state index contributed by atoms with van der Waals surface area (Å²) in [7, 11) is 1.61. The Morgan fingerprint density at radius 1 is 1.29 bits per heavy atom. The number of nitrogen functional groups attached to an aromatic ring is 1. The first-order valence-electron chi connectivity index (χ1n) is 8.41. The number of rotatable bonds is 3. The number of hydrogen-bond acceptors (Lipinski definition) is 7. The van der Waals surface area contributed by atoms with Crippen molar-refractivity contribution in [3.63, 3.8) is 0 Å². The fourth-order valence-corrected chi connectivity index (χ4v) is 3.49. The quantitative estimate of drug-likeness (QED) is 0.463. The third-order valence-electron chi connectivity index (χ3n) is 4.22. The Morgan fingerprint density at radius 2 is 2.14 bits per heavy atom. The van der Waals surface area contributed by atoms with Crippen LogP contribution in [0.2, 0.25) is 0 Å². The Hall–Kier alpha value is -3.41. The van der Waals surface area contributed by atoms with Gasteiger partial charge >= 0.3 is 0 Å².